The number of hydrogen-bond donors (Lipinski definition) is 1. The maximum absolute atomic E-state index is 12.4. The Bertz CT molecular complexity index is 698. The van der Waals surface area contributed by atoms with Gasteiger partial charge in [-0.15, -0.1) is 0 Å². The highest BCUT2D eigenvalue weighted by Gasteiger charge is 2.33. The first kappa shape index (κ1) is 16.2. The van der Waals surface area contributed by atoms with Crippen molar-refractivity contribution in [1.82, 2.24) is 4.90 Å². The van der Waals surface area contributed by atoms with Gasteiger partial charge in [0.2, 0.25) is 0 Å². The molecule has 0 atom stereocenters. The summed E-state index contributed by atoms with van der Waals surface area (Å²) in [5.74, 6) is 0.492. The molecule has 126 valence electrons. The molecule has 5 heteroatoms. The van der Waals surface area contributed by atoms with Gasteiger partial charge < -0.3 is 19.5 Å². The van der Waals surface area contributed by atoms with Crippen LogP contribution in [-0.2, 0) is 17.9 Å². The van der Waals surface area contributed by atoms with Gasteiger partial charge in [-0.05, 0) is 36.1 Å². The number of nitrogens with zero attached hydrogens (tertiary/aromatic N) is 1. The van der Waals surface area contributed by atoms with Crippen LogP contribution in [0.3, 0.4) is 0 Å². The minimum Gasteiger partial charge on any atom is -0.504 e. The van der Waals surface area contributed by atoms with Crippen molar-refractivity contribution < 1.29 is 19.4 Å². The second-order valence-electron chi connectivity index (χ2n) is 5.91. The molecule has 1 amide bonds. The van der Waals surface area contributed by atoms with E-state index >= 15 is 0 Å². The highest BCUT2D eigenvalue weighted by Crippen LogP contribution is 2.31. The lowest BCUT2D eigenvalue weighted by atomic mass is 10.2. The van der Waals surface area contributed by atoms with Gasteiger partial charge in [0, 0.05) is 12.6 Å². The second-order valence-corrected chi connectivity index (χ2v) is 5.91. The molecule has 0 heterocycles. The predicted molar refractivity (Wildman–Crippen MR) is 89.9 cm³/mol. The van der Waals surface area contributed by atoms with Gasteiger partial charge in [0.25, 0.3) is 0 Å². The maximum atomic E-state index is 12.4. The van der Waals surface area contributed by atoms with E-state index in [1.165, 1.54) is 7.11 Å². The quantitative estimate of drug-likeness (QED) is 0.879. The first-order chi connectivity index (χ1) is 11.7. The Morgan fingerprint density at radius 3 is 2.58 bits per heavy atom. The molecule has 0 bridgehead atoms. The third kappa shape index (κ3) is 3.98. The van der Waals surface area contributed by atoms with E-state index in [2.05, 4.69) is 0 Å². The minimum atomic E-state index is -0.312. The van der Waals surface area contributed by atoms with Crippen LogP contribution < -0.4 is 4.74 Å². The number of phenolic OH excluding ortho intramolecular Hbond substituents is 1. The molecule has 5 nitrogen and oxygen atoms in total. The number of ether oxygens (including phenoxy) is 2. The lowest BCUT2D eigenvalue weighted by molar-refractivity contribution is 0.0909. The summed E-state index contributed by atoms with van der Waals surface area (Å²) in [5, 5.41) is 9.68. The molecule has 0 spiro atoms. The Morgan fingerprint density at radius 1 is 1.17 bits per heavy atom. The summed E-state index contributed by atoms with van der Waals surface area (Å²) in [7, 11) is 1.51. The highest BCUT2D eigenvalue weighted by atomic mass is 16.6. The number of rotatable bonds is 6. The van der Waals surface area contributed by atoms with Gasteiger partial charge in [0.15, 0.2) is 11.5 Å². The van der Waals surface area contributed by atoms with Gasteiger partial charge in [-0.3, -0.25) is 0 Å². The van der Waals surface area contributed by atoms with E-state index in [4.69, 9.17) is 9.47 Å². The van der Waals surface area contributed by atoms with Gasteiger partial charge in [0.05, 0.1) is 7.11 Å². The van der Waals surface area contributed by atoms with E-state index in [-0.39, 0.29) is 24.5 Å². The molecule has 0 unspecified atom stereocenters. The van der Waals surface area contributed by atoms with Crippen LogP contribution in [0, 0.1) is 0 Å². The predicted octanol–water partition coefficient (Wildman–Crippen LogP) is 3.70. The van der Waals surface area contributed by atoms with Crippen molar-refractivity contribution in [2.45, 2.75) is 32.0 Å². The highest BCUT2D eigenvalue weighted by molar-refractivity contribution is 5.68. The summed E-state index contributed by atoms with van der Waals surface area (Å²) in [6.07, 6.45) is 1.68. The molecule has 1 aliphatic carbocycles. The molecule has 1 saturated carbocycles. The fourth-order valence-electron chi connectivity index (χ4n) is 2.55. The molecule has 2 aromatic carbocycles. The number of carbonyl (C=O) groups is 1. The molecular weight excluding hydrogens is 306 g/mol. The van der Waals surface area contributed by atoms with E-state index in [9.17, 15) is 9.90 Å². The Morgan fingerprint density at radius 2 is 1.92 bits per heavy atom. The number of aromatic hydroxyl groups is 1. The Labute approximate surface area is 141 Å². The summed E-state index contributed by atoms with van der Waals surface area (Å²) >= 11 is 0. The number of benzene rings is 2. The van der Waals surface area contributed by atoms with E-state index in [1.807, 2.05) is 30.3 Å². The fraction of sp³-hybridized carbons (Fsp3) is 0.316. The zero-order valence-corrected chi connectivity index (χ0v) is 13.6. The molecular formula is C19H21NO4. The van der Waals surface area contributed by atoms with Crippen molar-refractivity contribution in [3.63, 3.8) is 0 Å². The number of hydrogen-bond acceptors (Lipinski definition) is 4. The van der Waals surface area contributed by atoms with Crippen LogP contribution in [0.2, 0.25) is 0 Å². The normalized spacial score (nSPS) is 13.4. The Balaban J connectivity index is 1.65. The lowest BCUT2D eigenvalue weighted by Crippen LogP contribution is -2.33. The van der Waals surface area contributed by atoms with Gasteiger partial charge >= 0.3 is 6.09 Å². The molecule has 2 aromatic rings. The van der Waals surface area contributed by atoms with E-state index in [1.54, 1.807) is 23.1 Å². The molecule has 0 saturated heterocycles. The van der Waals surface area contributed by atoms with Gasteiger partial charge in [-0.2, -0.15) is 0 Å². The molecule has 24 heavy (non-hydrogen) atoms. The minimum absolute atomic E-state index is 0.0888. The Kier molecular flexibility index (Phi) is 4.89. The molecule has 1 aliphatic rings. The number of methoxy groups -OCH3 is 1. The summed E-state index contributed by atoms with van der Waals surface area (Å²) in [5.41, 5.74) is 1.86. The summed E-state index contributed by atoms with van der Waals surface area (Å²) in [6, 6.07) is 15.0. The second kappa shape index (κ2) is 7.25. The van der Waals surface area contributed by atoms with E-state index in [0.29, 0.717) is 12.3 Å². The summed E-state index contributed by atoms with van der Waals surface area (Å²) in [6.45, 7) is 0.705. The van der Waals surface area contributed by atoms with Crippen molar-refractivity contribution in [1.29, 1.82) is 0 Å². The van der Waals surface area contributed by atoms with Crippen molar-refractivity contribution in [3.05, 3.63) is 59.7 Å². The van der Waals surface area contributed by atoms with Crippen molar-refractivity contribution in [2.75, 3.05) is 7.11 Å². The average Bonchev–Trinajstić information content (AvgIpc) is 3.44. The van der Waals surface area contributed by atoms with Crippen LogP contribution in [0.15, 0.2) is 48.5 Å². The fourth-order valence-corrected chi connectivity index (χ4v) is 2.55. The number of amides is 1. The van der Waals surface area contributed by atoms with E-state index in [0.717, 1.165) is 24.0 Å². The third-order valence-corrected chi connectivity index (χ3v) is 4.02. The summed E-state index contributed by atoms with van der Waals surface area (Å²) in [4.78, 5) is 14.2. The average molecular weight is 327 g/mol. The van der Waals surface area contributed by atoms with Crippen molar-refractivity contribution in [3.8, 4) is 11.5 Å². The Hall–Kier alpha value is -2.69. The SMILES string of the molecule is COc1cc(CN(C(=O)OCc2ccccc2)C2CC2)ccc1O. The van der Waals surface area contributed by atoms with Crippen molar-refractivity contribution >= 4 is 6.09 Å². The van der Waals surface area contributed by atoms with Crippen LogP contribution in [0.5, 0.6) is 11.5 Å². The first-order valence-electron chi connectivity index (χ1n) is 8.00. The molecule has 1 fully saturated rings. The maximum Gasteiger partial charge on any atom is 0.410 e. The van der Waals surface area contributed by atoms with E-state index < -0.39 is 0 Å². The smallest absolute Gasteiger partial charge is 0.410 e. The zero-order valence-electron chi connectivity index (χ0n) is 13.6. The van der Waals surface area contributed by atoms with Gasteiger partial charge in [-0.1, -0.05) is 36.4 Å². The summed E-state index contributed by atoms with van der Waals surface area (Å²) < 4.78 is 10.6. The van der Waals surface area contributed by atoms with Gasteiger partial charge in [0.1, 0.15) is 6.61 Å². The molecule has 0 aromatic heterocycles. The molecule has 1 N–H and O–H groups in total. The largest absolute Gasteiger partial charge is 0.504 e. The topological polar surface area (TPSA) is 59.0 Å². The van der Waals surface area contributed by atoms with Crippen molar-refractivity contribution in [2.24, 2.45) is 0 Å². The lowest BCUT2D eigenvalue weighted by Gasteiger charge is -2.22. The molecule has 0 radical (unpaired) electrons. The third-order valence-electron chi connectivity index (χ3n) is 4.02. The molecule has 3 rings (SSSR count). The van der Waals surface area contributed by atoms with Crippen LogP contribution in [0.25, 0.3) is 0 Å². The standard InChI is InChI=1S/C19H21NO4/c1-23-18-11-15(7-10-17(18)21)12-20(16-8-9-16)19(22)24-13-14-5-3-2-4-6-14/h2-7,10-11,16,21H,8-9,12-13H2,1H3. The monoisotopic (exact) mass is 327 g/mol. The van der Waals surface area contributed by atoms with Crippen LogP contribution in [0.1, 0.15) is 24.0 Å². The number of carbonyl (C=O) groups excluding carboxylic acids is 1. The van der Waals surface area contributed by atoms with Crippen LogP contribution in [0.4, 0.5) is 4.79 Å². The van der Waals surface area contributed by atoms with Crippen LogP contribution >= 0.6 is 0 Å². The van der Waals surface area contributed by atoms with Crippen LogP contribution in [-0.4, -0.2) is 29.3 Å². The molecule has 0 aliphatic heterocycles. The first-order valence-corrected chi connectivity index (χ1v) is 8.00. The van der Waals surface area contributed by atoms with Gasteiger partial charge in [-0.25, -0.2) is 4.79 Å². The zero-order chi connectivity index (χ0) is 16.9. The number of phenols is 1.